The molecule has 0 aromatic carbocycles. The van der Waals surface area contributed by atoms with Crippen LogP contribution in [0.4, 0.5) is 0 Å². The van der Waals surface area contributed by atoms with Crippen molar-refractivity contribution in [1.82, 2.24) is 60.9 Å². The van der Waals surface area contributed by atoms with Crippen LogP contribution in [0.3, 0.4) is 0 Å². The maximum Gasteiger partial charge on any atom is 0.303 e. The number of amides is 11. The molecule has 2 rings (SSSR count). The summed E-state index contributed by atoms with van der Waals surface area (Å²) in [6, 6.07) is -14.7. The molecule has 2 fully saturated rings. The molecule has 0 aromatic heterocycles. The number of aliphatic carboxylic acids is 1. The molecule has 2 aliphatic heterocycles. The molecule has 0 aliphatic carbocycles. The summed E-state index contributed by atoms with van der Waals surface area (Å²) in [6.45, 7) is 30.7. The topological polar surface area (TPSA) is 347 Å². The monoisotopic (exact) mass is 1360 g/mol. The maximum atomic E-state index is 15.1. The Morgan fingerprint density at radius 2 is 0.990 bits per heavy atom. The van der Waals surface area contributed by atoms with E-state index in [1.54, 1.807) is 48.5 Å². The lowest BCUT2D eigenvalue weighted by atomic mass is 9.91. The van der Waals surface area contributed by atoms with Gasteiger partial charge in [-0.3, -0.25) is 62.4 Å². The van der Waals surface area contributed by atoms with Crippen LogP contribution in [0.1, 0.15) is 169 Å². The third kappa shape index (κ3) is 25.1. The minimum atomic E-state index is -1.81. The van der Waals surface area contributed by atoms with Crippen LogP contribution < -0.4 is 26.6 Å². The quantitative estimate of drug-likeness (QED) is 0.0763. The maximum absolute atomic E-state index is 15.1. The van der Waals surface area contributed by atoms with Gasteiger partial charge in [-0.05, 0) is 121 Å². The summed E-state index contributed by atoms with van der Waals surface area (Å²) in [5, 5.41) is 35.1. The van der Waals surface area contributed by atoms with Gasteiger partial charge in [0, 0.05) is 68.4 Å². The first kappa shape index (κ1) is 85.6. The van der Waals surface area contributed by atoms with Crippen molar-refractivity contribution in [2.45, 2.75) is 247 Å². The number of carboxylic acids is 1. The first-order valence-corrected chi connectivity index (χ1v) is 34.6. The number of aliphatic hydroxyl groups excluding tert-OH is 1. The van der Waals surface area contributed by atoms with Crippen LogP contribution in [-0.4, -0.2) is 276 Å². The Balaban J connectivity index is 2.99. The normalized spacial score (nSPS) is 27.2. The number of unbranched alkanes of at least 4 members (excludes halogenated alkanes) is 1. The Morgan fingerprint density at radius 3 is 1.50 bits per heavy atom. The van der Waals surface area contributed by atoms with E-state index in [1.807, 2.05) is 41.5 Å². The second-order valence-electron chi connectivity index (χ2n) is 28.6. The van der Waals surface area contributed by atoms with Gasteiger partial charge in [-0.1, -0.05) is 83.1 Å². The Bertz CT molecular complexity index is 2600. The first-order chi connectivity index (χ1) is 44.6. The van der Waals surface area contributed by atoms with E-state index < -0.39 is 167 Å². The number of carbonyl (C=O) groups is 12. The summed E-state index contributed by atoms with van der Waals surface area (Å²) in [5.74, 6) is -12.1. The van der Waals surface area contributed by atoms with Crippen molar-refractivity contribution in [3.8, 4) is 0 Å². The van der Waals surface area contributed by atoms with Gasteiger partial charge in [-0.25, -0.2) is 0 Å². The van der Waals surface area contributed by atoms with Gasteiger partial charge in [-0.15, -0.1) is 0 Å². The summed E-state index contributed by atoms with van der Waals surface area (Å²) >= 11 is 0. The number of carbonyl (C=O) groups excluding carboxylic acids is 11. The lowest BCUT2D eigenvalue weighted by Crippen LogP contribution is -2.64. The van der Waals surface area contributed by atoms with Gasteiger partial charge in [0.1, 0.15) is 66.5 Å². The summed E-state index contributed by atoms with van der Waals surface area (Å²) < 4.78 is 11.8. The average molecular weight is 1360 g/mol. The summed E-state index contributed by atoms with van der Waals surface area (Å²) in [5.41, 5.74) is 0. The Morgan fingerprint density at radius 1 is 0.510 bits per heavy atom. The van der Waals surface area contributed by atoms with Crippen LogP contribution in [0.2, 0.25) is 0 Å². The molecule has 2 aliphatic rings. The highest BCUT2D eigenvalue weighted by Gasteiger charge is 2.45. The number of aliphatic hydroxyl groups is 1. The van der Waals surface area contributed by atoms with Crippen molar-refractivity contribution in [2.24, 2.45) is 35.5 Å². The van der Waals surface area contributed by atoms with Crippen LogP contribution in [0.25, 0.3) is 0 Å². The molecule has 14 atom stereocenters. The highest BCUT2D eigenvalue weighted by molar-refractivity contribution is 6.00. The molecule has 11 amide bonds. The average Bonchev–Trinajstić information content (AvgIpc) is 0.838. The highest BCUT2D eigenvalue weighted by atomic mass is 16.5. The largest absolute Gasteiger partial charge is 0.481 e. The molecule has 0 unspecified atom stereocenters. The second-order valence-corrected chi connectivity index (χ2v) is 28.6. The van der Waals surface area contributed by atoms with Crippen molar-refractivity contribution in [3.63, 3.8) is 0 Å². The van der Waals surface area contributed by atoms with Gasteiger partial charge in [0.15, 0.2) is 0 Å². The van der Waals surface area contributed by atoms with E-state index in [-0.39, 0.29) is 69.3 Å². The van der Waals surface area contributed by atoms with Crippen molar-refractivity contribution in [3.05, 3.63) is 0 Å². The number of hydrogen-bond donors (Lipinski definition) is 7. The minimum absolute atomic E-state index is 0.0683. The summed E-state index contributed by atoms with van der Waals surface area (Å²) in [4.78, 5) is 183. The minimum Gasteiger partial charge on any atom is -0.481 e. The van der Waals surface area contributed by atoms with Crippen molar-refractivity contribution in [1.29, 1.82) is 0 Å². The Hall–Kier alpha value is -6.52. The molecule has 7 N–H and O–H groups in total. The number of morpholine rings is 1. The molecule has 0 radical (unpaired) electrons. The molecule has 550 valence electrons. The number of carboxylic acid groups (broad SMARTS) is 1. The van der Waals surface area contributed by atoms with E-state index in [4.69, 9.17) is 9.47 Å². The number of nitrogens with zero attached hydrogens (tertiary/aromatic N) is 7. The fourth-order valence-corrected chi connectivity index (χ4v) is 12.3. The van der Waals surface area contributed by atoms with E-state index in [0.717, 1.165) is 35.9 Å². The zero-order valence-corrected chi connectivity index (χ0v) is 61.8. The molecule has 28 heteroatoms. The van der Waals surface area contributed by atoms with Crippen LogP contribution >= 0.6 is 0 Å². The zero-order chi connectivity index (χ0) is 73.5. The summed E-state index contributed by atoms with van der Waals surface area (Å²) in [6.07, 6.45) is -1.16. The number of nitrogens with one attached hydrogen (secondary N) is 5. The molecule has 2 saturated heterocycles. The van der Waals surface area contributed by atoms with E-state index in [1.165, 1.54) is 82.7 Å². The lowest BCUT2D eigenvalue weighted by molar-refractivity contribution is -0.154. The standard InChI is InChI=1S/C68H122N12O16/c1-23-48-65(91)74(17)46(15)64(90)79(22)56(47(16)96-32-25-24-29-80-30-33-95-34-31-80)62(88)72-53(41(8)9)68(94)75(18)49(35-38(2)3)59(85)69-44(13)58(84)70-45(14)63(89)76(19)50(36-39(4)5)66(92)77(20)51(37-40(6)7)67(93)78(21)55(42(10)11)61(87)73-54(60(86)71-48)57(83)43(12)27-26-28-52(81)82/h38-51,53-57,83H,23-37H2,1-22H3,(H,69,85)(H,70,84)(H,71,86)(H,72,88)(H,73,87)(H,81,82)/t43-,44+,45-,46-,47-,48+,49+,50+,51+,53+,54+,55+,56+,57-/m1/s1. The number of hydrogen-bond acceptors (Lipinski definition) is 16. The van der Waals surface area contributed by atoms with E-state index in [9.17, 15) is 58.2 Å². The molecule has 0 spiro atoms. The first-order valence-electron chi connectivity index (χ1n) is 34.6. The smallest absolute Gasteiger partial charge is 0.303 e. The molecule has 0 saturated carbocycles. The van der Waals surface area contributed by atoms with Gasteiger partial charge in [0.05, 0.1) is 25.4 Å². The number of likely N-dealkylation sites (N-methyl/N-ethyl adjacent to an activating group) is 6. The fourth-order valence-electron chi connectivity index (χ4n) is 12.3. The molecule has 28 nitrogen and oxygen atoms in total. The predicted molar refractivity (Wildman–Crippen MR) is 363 cm³/mol. The van der Waals surface area contributed by atoms with Gasteiger partial charge in [0.25, 0.3) is 0 Å². The summed E-state index contributed by atoms with van der Waals surface area (Å²) in [7, 11) is 8.35. The molecule has 0 aromatic rings. The number of rotatable bonds is 22. The van der Waals surface area contributed by atoms with Crippen LogP contribution in [-0.2, 0) is 67.0 Å². The molecule has 96 heavy (non-hydrogen) atoms. The highest BCUT2D eigenvalue weighted by Crippen LogP contribution is 2.25. The predicted octanol–water partition coefficient (Wildman–Crippen LogP) is 2.08. The third-order valence-electron chi connectivity index (χ3n) is 18.5. The van der Waals surface area contributed by atoms with Crippen molar-refractivity contribution < 1.29 is 77.2 Å². The van der Waals surface area contributed by atoms with Crippen LogP contribution in [0.5, 0.6) is 0 Å². The molecular weight excluding hydrogens is 1240 g/mol. The van der Waals surface area contributed by atoms with Crippen LogP contribution in [0.15, 0.2) is 0 Å². The molecule has 2 heterocycles. The van der Waals surface area contributed by atoms with E-state index in [0.29, 0.717) is 19.6 Å². The van der Waals surface area contributed by atoms with Crippen molar-refractivity contribution >= 4 is 70.9 Å². The Labute approximate surface area is 571 Å². The number of ether oxygens (including phenoxy) is 2. The van der Waals surface area contributed by atoms with Gasteiger partial charge in [0.2, 0.25) is 65.0 Å². The molecule has 0 bridgehead atoms. The fraction of sp³-hybridized carbons (Fsp3) is 0.824. The van der Waals surface area contributed by atoms with E-state index >= 15 is 9.59 Å². The lowest BCUT2D eigenvalue weighted by Gasteiger charge is -2.40. The van der Waals surface area contributed by atoms with Gasteiger partial charge in [-0.2, -0.15) is 0 Å². The van der Waals surface area contributed by atoms with Crippen molar-refractivity contribution in [2.75, 3.05) is 81.7 Å². The SMILES string of the molecule is CC[C@@H]1NC(=O)[C@H]([C@H](O)[C@H](C)CCCC(=O)O)NC(=O)[C@H](C(C)C)N(C)C(=O)[C@H](CC(C)C)N(C)C(=O)[C@H](CC(C)C)N(C)C(=O)[C@@H](C)NC(=O)[C@H](C)NC(=O)[C@H](CC(C)C)N(C)C(=O)[C@H](C(C)C)NC(=O)[C@H]([C@@H](C)OCCCCN2CCOCC2)N(C)C(=O)[C@@H](C)N(C)C1=O. The second kappa shape index (κ2) is 40.4. The van der Waals surface area contributed by atoms with Gasteiger partial charge < -0.3 is 75.7 Å². The molecular formula is C68H122N12O16. The zero-order valence-electron chi connectivity index (χ0n) is 61.8. The van der Waals surface area contributed by atoms with E-state index in [2.05, 4.69) is 31.5 Å². The third-order valence-corrected chi connectivity index (χ3v) is 18.5. The Kier molecular flexibility index (Phi) is 36.0. The van der Waals surface area contributed by atoms with Crippen LogP contribution in [0, 0.1) is 35.5 Å². The van der Waals surface area contributed by atoms with Gasteiger partial charge >= 0.3 is 5.97 Å².